The Morgan fingerprint density at radius 3 is 2.96 bits per heavy atom. The second-order valence-electron chi connectivity index (χ2n) is 6.27. The average molecular weight is 334 g/mol. The van der Waals surface area contributed by atoms with E-state index in [4.69, 9.17) is 16.1 Å². The number of rotatable bonds is 4. The molecule has 1 aromatic heterocycles. The topological polar surface area (TPSA) is 58.4 Å². The molecule has 122 valence electrons. The maximum absolute atomic E-state index is 12.6. The first-order valence-electron chi connectivity index (χ1n) is 7.69. The number of fused-ring (bicyclic) bond motifs is 1. The van der Waals surface area contributed by atoms with Crippen LogP contribution in [0.3, 0.4) is 0 Å². The summed E-state index contributed by atoms with van der Waals surface area (Å²) < 4.78 is 5.28. The molecule has 0 bridgehead atoms. The molecule has 1 aromatic carbocycles. The van der Waals surface area contributed by atoms with Gasteiger partial charge in [0, 0.05) is 36.2 Å². The summed E-state index contributed by atoms with van der Waals surface area (Å²) in [6, 6.07) is 7.30. The van der Waals surface area contributed by atoms with Gasteiger partial charge in [0.1, 0.15) is 17.5 Å². The van der Waals surface area contributed by atoms with Crippen LogP contribution in [0.1, 0.15) is 36.8 Å². The Kier molecular flexibility index (Phi) is 4.31. The summed E-state index contributed by atoms with van der Waals surface area (Å²) in [7, 11) is 1.78. The van der Waals surface area contributed by atoms with Crippen molar-refractivity contribution in [1.29, 1.82) is 0 Å². The predicted octanol–water partition coefficient (Wildman–Crippen LogP) is 3.45. The zero-order valence-electron chi connectivity index (χ0n) is 13.5. The van der Waals surface area contributed by atoms with E-state index in [1.165, 1.54) is 0 Å². The van der Waals surface area contributed by atoms with Crippen LogP contribution in [0.4, 0.5) is 5.69 Å². The predicted molar refractivity (Wildman–Crippen MR) is 89.6 cm³/mol. The van der Waals surface area contributed by atoms with Gasteiger partial charge in [-0.25, -0.2) is 0 Å². The number of carbonyl (C=O) groups excluding carboxylic acids is 1. The molecule has 1 N–H and O–H groups in total. The van der Waals surface area contributed by atoms with E-state index in [9.17, 15) is 4.79 Å². The highest BCUT2D eigenvalue weighted by atomic mass is 35.5. The number of hydrogen-bond donors (Lipinski definition) is 1. The highest BCUT2D eigenvalue weighted by Gasteiger charge is 2.29. The lowest BCUT2D eigenvalue weighted by atomic mass is 10.1. The number of likely N-dealkylation sites (N-methyl/N-ethyl adjacent to an activating group) is 1. The minimum Gasteiger partial charge on any atom is -0.373 e. The van der Waals surface area contributed by atoms with Crippen LogP contribution in [-0.4, -0.2) is 29.1 Å². The van der Waals surface area contributed by atoms with E-state index in [-0.39, 0.29) is 17.9 Å². The average Bonchev–Trinajstić information content (AvgIpc) is 3.12. The van der Waals surface area contributed by atoms with E-state index < -0.39 is 0 Å². The molecule has 1 amide bonds. The Morgan fingerprint density at radius 1 is 1.48 bits per heavy atom. The van der Waals surface area contributed by atoms with E-state index in [1.54, 1.807) is 11.9 Å². The Labute approximate surface area is 140 Å². The number of hydrogen-bond acceptors (Lipinski definition) is 4. The molecule has 0 saturated carbocycles. The minimum atomic E-state index is -0.259. The van der Waals surface area contributed by atoms with Crippen LogP contribution < -0.4 is 5.32 Å². The van der Waals surface area contributed by atoms with Gasteiger partial charge in [-0.05, 0) is 23.8 Å². The molecule has 5 nitrogen and oxygen atoms in total. The van der Waals surface area contributed by atoms with Crippen molar-refractivity contribution >= 4 is 23.2 Å². The van der Waals surface area contributed by atoms with Crippen LogP contribution in [0.25, 0.3) is 0 Å². The summed E-state index contributed by atoms with van der Waals surface area (Å²) in [4.78, 5) is 14.3. The number of halogens is 1. The molecule has 6 heteroatoms. The van der Waals surface area contributed by atoms with Crippen molar-refractivity contribution in [2.24, 2.45) is 0 Å². The number of aromatic nitrogens is 1. The number of amides is 1. The van der Waals surface area contributed by atoms with E-state index in [0.717, 1.165) is 22.7 Å². The Morgan fingerprint density at radius 2 is 2.26 bits per heavy atom. The molecule has 1 atom stereocenters. The van der Waals surface area contributed by atoms with Crippen molar-refractivity contribution in [2.45, 2.75) is 38.8 Å². The highest BCUT2D eigenvalue weighted by Crippen LogP contribution is 2.29. The van der Waals surface area contributed by atoms with Crippen LogP contribution in [0.5, 0.6) is 0 Å². The van der Waals surface area contributed by atoms with Gasteiger partial charge in [0.05, 0.1) is 6.54 Å². The fourth-order valence-corrected chi connectivity index (χ4v) is 2.94. The number of anilines is 1. The van der Waals surface area contributed by atoms with Gasteiger partial charge in [-0.3, -0.25) is 4.79 Å². The summed E-state index contributed by atoms with van der Waals surface area (Å²) in [6.45, 7) is 4.53. The van der Waals surface area contributed by atoms with Crippen molar-refractivity contribution in [2.75, 3.05) is 12.4 Å². The van der Waals surface area contributed by atoms with Crippen LogP contribution >= 0.6 is 11.6 Å². The lowest BCUT2D eigenvalue weighted by Crippen LogP contribution is -2.39. The van der Waals surface area contributed by atoms with Gasteiger partial charge >= 0.3 is 0 Å². The number of nitrogens with zero attached hydrogens (tertiary/aromatic N) is 2. The van der Waals surface area contributed by atoms with Gasteiger partial charge in [0.2, 0.25) is 5.91 Å². The first kappa shape index (κ1) is 15.9. The van der Waals surface area contributed by atoms with Crippen LogP contribution in [-0.2, 0) is 17.8 Å². The maximum atomic E-state index is 12.6. The molecule has 0 spiro atoms. The Balaban J connectivity index is 1.64. The van der Waals surface area contributed by atoms with Crippen molar-refractivity contribution in [1.82, 2.24) is 10.1 Å². The van der Waals surface area contributed by atoms with Crippen LogP contribution in [0, 0.1) is 0 Å². The normalized spacial score (nSPS) is 16.3. The largest absolute Gasteiger partial charge is 0.373 e. The first-order valence-corrected chi connectivity index (χ1v) is 8.07. The monoisotopic (exact) mass is 333 g/mol. The summed E-state index contributed by atoms with van der Waals surface area (Å²) in [5.41, 5.74) is 2.82. The standard InChI is InChI=1S/C17H20ClN3O2/c1-10(2)16-8-13(20-23-16)9-21(3)17(22)15-7-11-6-12(18)4-5-14(11)19-15/h4-6,8,10,15,19H,7,9H2,1-3H3/t15-/m0/s1. The smallest absolute Gasteiger partial charge is 0.245 e. The van der Waals surface area contributed by atoms with Crippen molar-refractivity contribution in [3.63, 3.8) is 0 Å². The summed E-state index contributed by atoms with van der Waals surface area (Å²) >= 11 is 6.01. The zero-order chi connectivity index (χ0) is 16.6. The third-order valence-corrected chi connectivity index (χ3v) is 4.28. The highest BCUT2D eigenvalue weighted by molar-refractivity contribution is 6.30. The molecule has 0 aliphatic carbocycles. The lowest BCUT2D eigenvalue weighted by molar-refractivity contribution is -0.131. The quantitative estimate of drug-likeness (QED) is 0.931. The molecule has 0 unspecified atom stereocenters. The van der Waals surface area contributed by atoms with E-state index in [2.05, 4.69) is 10.5 Å². The maximum Gasteiger partial charge on any atom is 0.245 e. The van der Waals surface area contributed by atoms with Gasteiger partial charge < -0.3 is 14.7 Å². The zero-order valence-corrected chi connectivity index (χ0v) is 14.2. The summed E-state index contributed by atoms with van der Waals surface area (Å²) in [5.74, 6) is 1.15. The molecule has 0 radical (unpaired) electrons. The van der Waals surface area contributed by atoms with E-state index in [1.807, 2.05) is 38.1 Å². The van der Waals surface area contributed by atoms with Gasteiger partial charge in [-0.2, -0.15) is 0 Å². The Bertz CT molecular complexity index is 726. The summed E-state index contributed by atoms with van der Waals surface area (Å²) in [6.07, 6.45) is 0.648. The molecule has 1 aliphatic heterocycles. The SMILES string of the molecule is CC(C)c1cc(CN(C)C(=O)[C@@H]2Cc3cc(Cl)ccc3N2)no1. The second kappa shape index (κ2) is 6.24. The molecular weight excluding hydrogens is 314 g/mol. The molecule has 2 heterocycles. The molecule has 1 aliphatic rings. The molecular formula is C17H20ClN3O2. The molecule has 3 rings (SSSR count). The third kappa shape index (κ3) is 3.34. The number of benzene rings is 1. The van der Waals surface area contributed by atoms with Crippen molar-refractivity contribution in [3.05, 3.63) is 46.3 Å². The minimum absolute atomic E-state index is 0.0337. The van der Waals surface area contributed by atoms with E-state index in [0.29, 0.717) is 18.0 Å². The van der Waals surface area contributed by atoms with Gasteiger partial charge in [0.25, 0.3) is 0 Å². The molecule has 0 fully saturated rings. The lowest BCUT2D eigenvalue weighted by Gasteiger charge is -2.20. The third-order valence-electron chi connectivity index (χ3n) is 4.04. The van der Waals surface area contributed by atoms with Crippen molar-refractivity contribution in [3.8, 4) is 0 Å². The molecule has 0 saturated heterocycles. The van der Waals surface area contributed by atoms with Crippen LogP contribution in [0.15, 0.2) is 28.8 Å². The summed E-state index contributed by atoms with van der Waals surface area (Å²) in [5, 5.41) is 7.98. The first-order chi connectivity index (χ1) is 10.9. The Hall–Kier alpha value is -2.01. The molecule has 23 heavy (non-hydrogen) atoms. The van der Waals surface area contributed by atoms with Gasteiger partial charge in [-0.15, -0.1) is 0 Å². The van der Waals surface area contributed by atoms with Gasteiger partial charge in [-0.1, -0.05) is 30.6 Å². The number of carbonyl (C=O) groups is 1. The van der Waals surface area contributed by atoms with Gasteiger partial charge in [0.15, 0.2) is 0 Å². The van der Waals surface area contributed by atoms with Crippen molar-refractivity contribution < 1.29 is 9.32 Å². The number of nitrogens with one attached hydrogen (secondary N) is 1. The fourth-order valence-electron chi connectivity index (χ4n) is 2.74. The van der Waals surface area contributed by atoms with E-state index >= 15 is 0 Å². The second-order valence-corrected chi connectivity index (χ2v) is 6.71. The molecule has 2 aromatic rings. The van der Waals surface area contributed by atoms with Crippen LogP contribution in [0.2, 0.25) is 5.02 Å². The fraction of sp³-hybridized carbons (Fsp3) is 0.412.